The first kappa shape index (κ1) is 18.0. The number of pyridine rings is 1. The maximum atomic E-state index is 12.5. The van der Waals surface area contributed by atoms with Gasteiger partial charge < -0.3 is 4.98 Å². The van der Waals surface area contributed by atoms with E-state index in [-0.39, 0.29) is 22.8 Å². The third kappa shape index (κ3) is 3.74. The van der Waals surface area contributed by atoms with E-state index in [1.807, 2.05) is 25.1 Å². The highest BCUT2D eigenvalue weighted by atomic mass is 32.2. The van der Waals surface area contributed by atoms with Gasteiger partial charge in [-0.3, -0.25) is 9.59 Å². The van der Waals surface area contributed by atoms with Crippen LogP contribution in [0.3, 0.4) is 0 Å². The minimum Gasteiger partial charge on any atom is -0.322 e. The lowest BCUT2D eigenvalue weighted by Gasteiger charge is -2.08. The molecule has 1 heterocycles. The van der Waals surface area contributed by atoms with E-state index in [4.69, 9.17) is 0 Å². The van der Waals surface area contributed by atoms with Crippen LogP contribution in [0.4, 0.5) is 0 Å². The lowest BCUT2D eigenvalue weighted by Crippen LogP contribution is -2.27. The van der Waals surface area contributed by atoms with Gasteiger partial charge in [-0.05, 0) is 49.6 Å². The molecule has 0 aliphatic heterocycles. The van der Waals surface area contributed by atoms with Crippen LogP contribution in [-0.2, 0) is 16.6 Å². The Bertz CT molecular complexity index is 1160. The number of sulfonamides is 1. The van der Waals surface area contributed by atoms with E-state index in [1.54, 1.807) is 12.1 Å². The summed E-state index contributed by atoms with van der Waals surface area (Å²) in [5, 5.41) is 0.831. The summed E-state index contributed by atoms with van der Waals surface area (Å²) in [4.78, 5) is 26.4. The Balaban J connectivity index is 1.89. The molecule has 2 N–H and O–H groups in total. The Morgan fingerprint density at radius 2 is 1.88 bits per heavy atom. The normalized spacial score (nSPS) is 11.6. The van der Waals surface area contributed by atoms with Gasteiger partial charge in [0, 0.05) is 23.2 Å². The Morgan fingerprint density at radius 3 is 2.62 bits per heavy atom. The molecule has 0 spiro atoms. The lowest BCUT2D eigenvalue weighted by atomic mass is 10.1. The van der Waals surface area contributed by atoms with Crippen LogP contribution >= 0.6 is 0 Å². The first-order valence-corrected chi connectivity index (χ1v) is 9.48. The van der Waals surface area contributed by atoms with Crippen molar-refractivity contribution >= 4 is 26.7 Å². The molecule has 0 fully saturated rings. The molecule has 0 amide bonds. The summed E-state index contributed by atoms with van der Waals surface area (Å²) in [5.41, 5.74) is 2.02. The van der Waals surface area contributed by atoms with Crippen molar-refractivity contribution in [3.63, 3.8) is 0 Å². The Hall–Kier alpha value is -2.77. The van der Waals surface area contributed by atoms with Gasteiger partial charge in [-0.2, -0.15) is 0 Å². The van der Waals surface area contributed by atoms with Gasteiger partial charge in [0.05, 0.1) is 4.90 Å². The second-order valence-corrected chi connectivity index (χ2v) is 7.89. The number of hydrogen-bond acceptors (Lipinski definition) is 4. The predicted octanol–water partition coefficient (Wildman–Crippen LogP) is 2.52. The van der Waals surface area contributed by atoms with E-state index in [2.05, 4.69) is 9.71 Å². The van der Waals surface area contributed by atoms with Crippen molar-refractivity contribution in [2.75, 3.05) is 0 Å². The summed E-state index contributed by atoms with van der Waals surface area (Å²) in [6.45, 7) is 3.16. The molecular weight excluding hydrogens is 352 g/mol. The number of rotatable bonds is 5. The average Bonchev–Trinajstić information content (AvgIpc) is 2.60. The molecule has 0 aliphatic rings. The number of carbonyl (C=O) groups excluding carboxylic acids is 1. The molecule has 0 saturated heterocycles. The molecule has 0 saturated carbocycles. The van der Waals surface area contributed by atoms with Crippen LogP contribution in [0.2, 0.25) is 0 Å². The number of Topliss-reactive ketones (excluding diaryl/α,β-unsaturated/α-hetero) is 1. The minimum absolute atomic E-state index is 0.0155. The van der Waals surface area contributed by atoms with Crippen LogP contribution in [0.5, 0.6) is 0 Å². The van der Waals surface area contributed by atoms with E-state index in [1.165, 1.54) is 25.1 Å². The smallest absolute Gasteiger partial charge is 0.252 e. The molecule has 3 rings (SSSR count). The third-order valence-corrected chi connectivity index (χ3v) is 5.48. The number of aromatic amines is 1. The van der Waals surface area contributed by atoms with E-state index < -0.39 is 10.0 Å². The number of carbonyl (C=O) groups is 1. The number of hydrogen-bond donors (Lipinski definition) is 2. The van der Waals surface area contributed by atoms with E-state index >= 15 is 0 Å². The number of benzene rings is 2. The third-order valence-electron chi connectivity index (χ3n) is 4.08. The zero-order valence-electron chi connectivity index (χ0n) is 14.4. The van der Waals surface area contributed by atoms with Crippen LogP contribution < -0.4 is 10.3 Å². The van der Waals surface area contributed by atoms with E-state index in [9.17, 15) is 18.0 Å². The largest absolute Gasteiger partial charge is 0.322 e. The molecule has 0 aliphatic carbocycles. The maximum absolute atomic E-state index is 12.5. The molecule has 1 aromatic heterocycles. The number of aromatic nitrogens is 1. The molecule has 6 nitrogen and oxygen atoms in total. The molecule has 26 heavy (non-hydrogen) atoms. The van der Waals surface area contributed by atoms with Crippen molar-refractivity contribution in [1.82, 2.24) is 9.71 Å². The van der Waals surface area contributed by atoms with E-state index in [0.717, 1.165) is 10.9 Å². The molecule has 2 aromatic carbocycles. The number of nitrogens with one attached hydrogen (secondary N) is 2. The molecule has 0 atom stereocenters. The van der Waals surface area contributed by atoms with Gasteiger partial charge in [-0.15, -0.1) is 0 Å². The van der Waals surface area contributed by atoms with Crippen LogP contribution in [0.15, 0.2) is 58.2 Å². The highest BCUT2D eigenvalue weighted by molar-refractivity contribution is 7.89. The topological polar surface area (TPSA) is 96.1 Å². The fourth-order valence-electron chi connectivity index (χ4n) is 2.64. The minimum atomic E-state index is -3.85. The van der Waals surface area contributed by atoms with Crippen molar-refractivity contribution in [1.29, 1.82) is 0 Å². The predicted molar refractivity (Wildman–Crippen MR) is 99.8 cm³/mol. The molecule has 0 radical (unpaired) electrons. The van der Waals surface area contributed by atoms with Crippen LogP contribution in [-0.4, -0.2) is 19.2 Å². The summed E-state index contributed by atoms with van der Waals surface area (Å²) >= 11 is 0. The van der Waals surface area contributed by atoms with Gasteiger partial charge in [0.2, 0.25) is 10.0 Å². The van der Waals surface area contributed by atoms with Gasteiger partial charge in [0.15, 0.2) is 5.78 Å². The number of H-pyrrole nitrogens is 1. The number of aryl methyl sites for hydroxylation is 1. The molecule has 3 aromatic rings. The molecule has 7 heteroatoms. The molecule has 134 valence electrons. The SMILES string of the molecule is CC(=O)c1cccc(S(=O)(=O)NCc2cc3cc(C)ccc3[nH]c2=O)c1. The standard InChI is InChI=1S/C19H18N2O4S/c1-12-6-7-18-15(8-12)9-16(19(23)21-18)11-20-26(24,25)17-5-3-4-14(10-17)13(2)22/h3-10,20H,11H2,1-2H3,(H,21,23). The van der Waals surface area contributed by atoms with Crippen LogP contribution in [0, 0.1) is 6.92 Å². The fourth-order valence-corrected chi connectivity index (χ4v) is 3.69. The molecule has 0 unspecified atom stereocenters. The van der Waals surface area contributed by atoms with Crippen LogP contribution in [0.25, 0.3) is 10.9 Å². The van der Waals surface area contributed by atoms with Crippen molar-refractivity contribution in [2.45, 2.75) is 25.3 Å². The first-order valence-electron chi connectivity index (χ1n) is 7.99. The Morgan fingerprint density at radius 1 is 1.12 bits per heavy atom. The second kappa shape index (κ2) is 6.86. The molecular formula is C19H18N2O4S. The fraction of sp³-hybridized carbons (Fsp3) is 0.158. The number of ketones is 1. The van der Waals surface area contributed by atoms with Gasteiger partial charge in [0.25, 0.3) is 5.56 Å². The maximum Gasteiger partial charge on any atom is 0.252 e. The molecule has 0 bridgehead atoms. The average molecular weight is 370 g/mol. The highest BCUT2D eigenvalue weighted by Gasteiger charge is 2.16. The summed E-state index contributed by atoms with van der Waals surface area (Å²) in [6, 6.07) is 13.1. The van der Waals surface area contributed by atoms with Crippen molar-refractivity contribution in [2.24, 2.45) is 0 Å². The van der Waals surface area contributed by atoms with E-state index in [0.29, 0.717) is 16.6 Å². The quantitative estimate of drug-likeness (QED) is 0.675. The van der Waals surface area contributed by atoms with Crippen molar-refractivity contribution in [3.05, 3.63) is 75.6 Å². The summed E-state index contributed by atoms with van der Waals surface area (Å²) < 4.78 is 27.4. The summed E-state index contributed by atoms with van der Waals surface area (Å²) in [7, 11) is -3.85. The van der Waals surface area contributed by atoms with Crippen molar-refractivity contribution in [3.8, 4) is 0 Å². The van der Waals surface area contributed by atoms with Gasteiger partial charge >= 0.3 is 0 Å². The zero-order valence-corrected chi connectivity index (χ0v) is 15.2. The van der Waals surface area contributed by atoms with Gasteiger partial charge in [0.1, 0.15) is 0 Å². The van der Waals surface area contributed by atoms with Crippen molar-refractivity contribution < 1.29 is 13.2 Å². The zero-order chi connectivity index (χ0) is 18.9. The van der Waals surface area contributed by atoms with Gasteiger partial charge in [-0.1, -0.05) is 23.8 Å². The summed E-state index contributed by atoms with van der Waals surface area (Å²) in [6.07, 6.45) is 0. The first-order chi connectivity index (χ1) is 12.3. The highest BCUT2D eigenvalue weighted by Crippen LogP contribution is 2.15. The monoisotopic (exact) mass is 370 g/mol. The Labute approximate surface area is 150 Å². The van der Waals surface area contributed by atoms with Crippen LogP contribution in [0.1, 0.15) is 28.4 Å². The Kier molecular flexibility index (Phi) is 4.76. The lowest BCUT2D eigenvalue weighted by molar-refractivity contribution is 0.101. The number of fused-ring (bicyclic) bond motifs is 1. The van der Waals surface area contributed by atoms with Gasteiger partial charge in [-0.25, -0.2) is 13.1 Å². The summed E-state index contributed by atoms with van der Waals surface area (Å²) in [5.74, 6) is -0.219. The second-order valence-electron chi connectivity index (χ2n) is 6.12.